The third-order valence-corrected chi connectivity index (χ3v) is 3.57. The molecule has 1 aliphatic rings. The lowest BCUT2D eigenvalue weighted by Crippen LogP contribution is -2.32. The van der Waals surface area contributed by atoms with Crippen molar-refractivity contribution in [2.75, 3.05) is 6.54 Å². The van der Waals surface area contributed by atoms with Crippen LogP contribution in [0, 0.1) is 23.4 Å². The number of aliphatic carboxylic acids is 1. The predicted molar refractivity (Wildman–Crippen MR) is 66.8 cm³/mol. The Morgan fingerprint density at radius 1 is 1.29 bits per heavy atom. The Morgan fingerprint density at radius 2 is 1.90 bits per heavy atom. The zero-order valence-corrected chi connectivity index (χ0v) is 11.3. The van der Waals surface area contributed by atoms with Gasteiger partial charge in [0.25, 0.3) is 0 Å². The molecule has 0 spiro atoms. The maximum absolute atomic E-state index is 13.9. The largest absolute Gasteiger partial charge is 0.481 e. The minimum atomic E-state index is -1.35. The second kappa shape index (κ2) is 5.75. The van der Waals surface area contributed by atoms with E-state index in [-0.39, 0.29) is 18.5 Å². The van der Waals surface area contributed by atoms with Gasteiger partial charge >= 0.3 is 5.97 Å². The van der Waals surface area contributed by atoms with Gasteiger partial charge in [0.15, 0.2) is 11.6 Å². The van der Waals surface area contributed by atoms with E-state index in [0.29, 0.717) is 18.6 Å². The molecule has 0 bridgehead atoms. The standard InChI is InChI=1S/C14H14F3NO3/c1-2-3-18-12(19)5-8(14(20)21)13(18)7-4-10(16)11(17)6-9(7)15/h4,6,8,13H,2-3,5H2,1H3,(H,20,21). The van der Waals surface area contributed by atoms with Crippen LogP contribution >= 0.6 is 0 Å². The first-order chi connectivity index (χ1) is 9.86. The summed E-state index contributed by atoms with van der Waals surface area (Å²) in [4.78, 5) is 24.4. The molecule has 1 heterocycles. The van der Waals surface area contributed by atoms with Gasteiger partial charge in [0, 0.05) is 24.6 Å². The molecule has 4 nitrogen and oxygen atoms in total. The van der Waals surface area contributed by atoms with Gasteiger partial charge in [-0.25, -0.2) is 13.2 Å². The summed E-state index contributed by atoms with van der Waals surface area (Å²) in [7, 11) is 0. The number of nitrogens with zero attached hydrogens (tertiary/aromatic N) is 1. The van der Waals surface area contributed by atoms with Crippen molar-refractivity contribution in [3.63, 3.8) is 0 Å². The number of rotatable bonds is 4. The van der Waals surface area contributed by atoms with Gasteiger partial charge in [-0.3, -0.25) is 9.59 Å². The molecule has 2 rings (SSSR count). The van der Waals surface area contributed by atoms with Crippen molar-refractivity contribution in [1.82, 2.24) is 4.90 Å². The van der Waals surface area contributed by atoms with Crippen LogP contribution in [0.2, 0.25) is 0 Å². The number of carboxylic acid groups (broad SMARTS) is 1. The lowest BCUT2D eigenvalue weighted by atomic mass is 9.93. The van der Waals surface area contributed by atoms with E-state index < -0.39 is 41.3 Å². The summed E-state index contributed by atoms with van der Waals surface area (Å²) in [5.74, 6) is -6.56. The van der Waals surface area contributed by atoms with Crippen LogP contribution in [0.3, 0.4) is 0 Å². The molecule has 2 atom stereocenters. The van der Waals surface area contributed by atoms with Crippen molar-refractivity contribution >= 4 is 11.9 Å². The Balaban J connectivity index is 2.52. The van der Waals surface area contributed by atoms with Crippen LogP contribution in [0.1, 0.15) is 31.4 Å². The average Bonchev–Trinajstić information content (AvgIpc) is 2.72. The zero-order chi connectivity index (χ0) is 15.7. The SMILES string of the molecule is CCCN1C(=O)CC(C(=O)O)C1c1cc(F)c(F)cc1F. The molecule has 1 fully saturated rings. The molecule has 1 aliphatic heterocycles. The van der Waals surface area contributed by atoms with Gasteiger partial charge < -0.3 is 10.0 Å². The van der Waals surface area contributed by atoms with Crippen molar-refractivity contribution in [2.24, 2.45) is 5.92 Å². The topological polar surface area (TPSA) is 57.6 Å². The van der Waals surface area contributed by atoms with Crippen LogP contribution in [-0.4, -0.2) is 28.4 Å². The second-order valence-corrected chi connectivity index (χ2v) is 4.97. The summed E-state index contributed by atoms with van der Waals surface area (Å²) in [6, 6.07) is -0.117. The zero-order valence-electron chi connectivity index (χ0n) is 11.3. The van der Waals surface area contributed by atoms with Crippen LogP contribution in [0.4, 0.5) is 13.2 Å². The lowest BCUT2D eigenvalue weighted by molar-refractivity contribution is -0.142. The number of benzene rings is 1. The Hall–Kier alpha value is -2.05. The van der Waals surface area contributed by atoms with E-state index in [4.69, 9.17) is 0 Å². The number of amides is 1. The number of halogens is 3. The molecule has 1 aromatic carbocycles. The molecule has 1 N–H and O–H groups in total. The van der Waals surface area contributed by atoms with E-state index in [1.807, 2.05) is 0 Å². The number of carbonyl (C=O) groups excluding carboxylic acids is 1. The van der Waals surface area contributed by atoms with Crippen LogP contribution in [0.15, 0.2) is 12.1 Å². The third-order valence-electron chi connectivity index (χ3n) is 3.57. The number of hydrogen-bond acceptors (Lipinski definition) is 2. The Kier molecular flexibility index (Phi) is 4.20. The lowest BCUT2D eigenvalue weighted by Gasteiger charge is -2.27. The Labute approximate surface area is 119 Å². The summed E-state index contributed by atoms with van der Waals surface area (Å²) < 4.78 is 40.3. The minimum absolute atomic E-state index is 0.228. The third kappa shape index (κ3) is 2.72. The molecule has 114 valence electrons. The van der Waals surface area contributed by atoms with E-state index in [0.717, 1.165) is 0 Å². The quantitative estimate of drug-likeness (QED) is 0.869. The van der Waals surface area contributed by atoms with Crippen molar-refractivity contribution in [1.29, 1.82) is 0 Å². The molecular formula is C14H14F3NO3. The van der Waals surface area contributed by atoms with Crippen molar-refractivity contribution in [3.8, 4) is 0 Å². The smallest absolute Gasteiger partial charge is 0.309 e. The van der Waals surface area contributed by atoms with E-state index in [9.17, 15) is 27.9 Å². The first-order valence-corrected chi connectivity index (χ1v) is 6.53. The van der Waals surface area contributed by atoms with E-state index >= 15 is 0 Å². The van der Waals surface area contributed by atoms with Gasteiger partial charge in [-0.15, -0.1) is 0 Å². The predicted octanol–water partition coefficient (Wildman–Crippen LogP) is 2.49. The van der Waals surface area contributed by atoms with Gasteiger partial charge in [0.1, 0.15) is 5.82 Å². The summed E-state index contributed by atoms with van der Waals surface area (Å²) in [6.45, 7) is 2.01. The molecule has 0 radical (unpaired) electrons. The Bertz CT molecular complexity index is 591. The van der Waals surface area contributed by atoms with Gasteiger partial charge in [-0.2, -0.15) is 0 Å². The molecule has 0 aromatic heterocycles. The van der Waals surface area contributed by atoms with E-state index in [2.05, 4.69) is 0 Å². The molecule has 1 amide bonds. The van der Waals surface area contributed by atoms with Crippen molar-refractivity contribution < 1.29 is 27.9 Å². The Morgan fingerprint density at radius 3 is 2.48 bits per heavy atom. The highest BCUT2D eigenvalue weighted by molar-refractivity contribution is 5.87. The molecule has 1 aromatic rings. The highest BCUT2D eigenvalue weighted by atomic mass is 19.2. The van der Waals surface area contributed by atoms with E-state index in [1.54, 1.807) is 6.92 Å². The van der Waals surface area contributed by atoms with Crippen LogP contribution in [0.5, 0.6) is 0 Å². The average molecular weight is 301 g/mol. The van der Waals surface area contributed by atoms with Gasteiger partial charge in [-0.05, 0) is 12.5 Å². The van der Waals surface area contributed by atoms with Crippen molar-refractivity contribution in [3.05, 3.63) is 35.1 Å². The van der Waals surface area contributed by atoms with Crippen molar-refractivity contribution in [2.45, 2.75) is 25.8 Å². The van der Waals surface area contributed by atoms with Gasteiger partial charge in [0.2, 0.25) is 5.91 Å². The molecule has 0 saturated carbocycles. The first-order valence-electron chi connectivity index (χ1n) is 6.53. The molecular weight excluding hydrogens is 287 g/mol. The summed E-state index contributed by atoms with van der Waals surface area (Å²) >= 11 is 0. The monoisotopic (exact) mass is 301 g/mol. The summed E-state index contributed by atoms with van der Waals surface area (Å²) in [5, 5.41) is 9.19. The molecule has 7 heteroatoms. The number of hydrogen-bond donors (Lipinski definition) is 1. The number of carboxylic acids is 1. The first kappa shape index (κ1) is 15.3. The van der Waals surface area contributed by atoms with Gasteiger partial charge in [-0.1, -0.05) is 6.92 Å². The van der Waals surface area contributed by atoms with Crippen LogP contribution < -0.4 is 0 Å². The highest BCUT2D eigenvalue weighted by Gasteiger charge is 2.45. The summed E-state index contributed by atoms with van der Waals surface area (Å²) in [6.07, 6.45) is 0.262. The van der Waals surface area contributed by atoms with E-state index in [1.165, 1.54) is 4.90 Å². The molecule has 0 aliphatic carbocycles. The molecule has 2 unspecified atom stereocenters. The molecule has 21 heavy (non-hydrogen) atoms. The van der Waals surface area contributed by atoms with Gasteiger partial charge in [0.05, 0.1) is 12.0 Å². The fraction of sp³-hybridized carbons (Fsp3) is 0.429. The maximum atomic E-state index is 13.9. The fourth-order valence-electron chi connectivity index (χ4n) is 2.67. The molecule has 1 saturated heterocycles. The normalized spacial score (nSPS) is 21.9. The second-order valence-electron chi connectivity index (χ2n) is 4.97. The van der Waals surface area contributed by atoms with Crippen LogP contribution in [0.25, 0.3) is 0 Å². The number of likely N-dealkylation sites (tertiary alicyclic amines) is 1. The number of carbonyl (C=O) groups is 2. The fourth-order valence-corrected chi connectivity index (χ4v) is 2.67. The summed E-state index contributed by atoms with van der Waals surface area (Å²) in [5.41, 5.74) is -0.305. The minimum Gasteiger partial charge on any atom is -0.481 e. The maximum Gasteiger partial charge on any atom is 0.309 e. The van der Waals surface area contributed by atoms with Crippen LogP contribution in [-0.2, 0) is 9.59 Å². The highest BCUT2D eigenvalue weighted by Crippen LogP contribution is 2.39.